The largest absolute Gasteiger partial charge is 0.465 e. The summed E-state index contributed by atoms with van der Waals surface area (Å²) >= 11 is 6.87. The Morgan fingerprint density at radius 3 is 2.67 bits per heavy atom. The van der Waals surface area contributed by atoms with E-state index >= 15 is 0 Å². The molecule has 1 aliphatic rings. The van der Waals surface area contributed by atoms with Crippen molar-refractivity contribution in [1.82, 2.24) is 15.5 Å². The Bertz CT molecular complexity index is 1540. The van der Waals surface area contributed by atoms with Crippen molar-refractivity contribution in [3.8, 4) is 17.2 Å². The van der Waals surface area contributed by atoms with Gasteiger partial charge < -0.3 is 25.7 Å². The van der Waals surface area contributed by atoms with Gasteiger partial charge >= 0.3 is 6.09 Å². The molecule has 3 aromatic carbocycles. The van der Waals surface area contributed by atoms with E-state index in [1.54, 1.807) is 0 Å². The number of aliphatic hydroxyl groups is 1. The van der Waals surface area contributed by atoms with Crippen LogP contribution in [0.4, 0.5) is 4.79 Å². The van der Waals surface area contributed by atoms with Gasteiger partial charge in [0.05, 0.1) is 11.7 Å². The highest BCUT2D eigenvalue weighted by Gasteiger charge is 2.43. The maximum absolute atomic E-state index is 14.1. The number of carbonyl (C=O) groups excluding carboxylic acids is 1. The minimum atomic E-state index is -1.39. The first-order valence-corrected chi connectivity index (χ1v) is 16.1. The number of likely N-dealkylation sites (tertiary alicyclic amines) is 1. The van der Waals surface area contributed by atoms with E-state index in [0.29, 0.717) is 67.9 Å². The number of amides is 2. The van der Waals surface area contributed by atoms with Crippen molar-refractivity contribution in [2.45, 2.75) is 64.0 Å². The van der Waals surface area contributed by atoms with Gasteiger partial charge in [-0.15, -0.1) is 0 Å². The van der Waals surface area contributed by atoms with Crippen LogP contribution in [0.25, 0.3) is 11.1 Å². The molecular formula is C36H43ClN4O4. The minimum Gasteiger partial charge on any atom is -0.465 e. The summed E-state index contributed by atoms with van der Waals surface area (Å²) in [4.78, 5) is 27.1. The molecule has 45 heavy (non-hydrogen) atoms. The monoisotopic (exact) mass is 630 g/mol. The fraction of sp³-hybridized carbons (Fsp3) is 0.417. The molecule has 0 saturated carbocycles. The molecule has 0 aromatic heterocycles. The van der Waals surface area contributed by atoms with E-state index in [9.17, 15) is 20.0 Å². The molecule has 4 rings (SSSR count). The molecule has 1 aliphatic heterocycles. The Balaban J connectivity index is 1.72. The fourth-order valence-electron chi connectivity index (χ4n) is 6.53. The molecule has 1 heterocycles. The van der Waals surface area contributed by atoms with E-state index in [4.69, 9.17) is 16.7 Å². The number of carbonyl (C=O) groups is 2. The Morgan fingerprint density at radius 1 is 1.13 bits per heavy atom. The van der Waals surface area contributed by atoms with E-state index in [0.717, 1.165) is 34.2 Å². The number of hydrogen-bond acceptors (Lipinski definition) is 5. The first kappa shape index (κ1) is 34.0. The number of nitriles is 1. The molecule has 2 atom stereocenters. The van der Waals surface area contributed by atoms with Gasteiger partial charge in [0.15, 0.2) is 0 Å². The second-order valence-corrected chi connectivity index (χ2v) is 12.2. The zero-order chi connectivity index (χ0) is 32.4. The van der Waals surface area contributed by atoms with Gasteiger partial charge in [0.1, 0.15) is 0 Å². The Kier molecular flexibility index (Phi) is 12.0. The zero-order valence-electron chi connectivity index (χ0n) is 26.1. The van der Waals surface area contributed by atoms with Crippen molar-refractivity contribution in [3.63, 3.8) is 0 Å². The van der Waals surface area contributed by atoms with E-state index < -0.39 is 11.7 Å². The molecule has 3 aromatic rings. The molecule has 2 amide bonds. The Labute approximate surface area is 271 Å². The molecule has 0 bridgehead atoms. The highest BCUT2D eigenvalue weighted by molar-refractivity contribution is 6.33. The predicted molar refractivity (Wildman–Crippen MR) is 177 cm³/mol. The van der Waals surface area contributed by atoms with Crippen LogP contribution in [-0.2, 0) is 25.0 Å². The van der Waals surface area contributed by atoms with Crippen LogP contribution in [0, 0.1) is 17.2 Å². The van der Waals surface area contributed by atoms with Gasteiger partial charge in [0, 0.05) is 54.7 Å². The average Bonchev–Trinajstić information content (AvgIpc) is 3.05. The normalized spacial score (nSPS) is 16.1. The van der Waals surface area contributed by atoms with Gasteiger partial charge in [0.25, 0.3) is 5.91 Å². The minimum absolute atomic E-state index is 0.111. The second kappa shape index (κ2) is 15.9. The maximum atomic E-state index is 14.1. The molecule has 4 N–H and O–H groups in total. The lowest BCUT2D eigenvalue weighted by molar-refractivity contribution is -0.0563. The summed E-state index contributed by atoms with van der Waals surface area (Å²) < 4.78 is 0. The number of aryl methyl sites for hydroxylation is 2. The van der Waals surface area contributed by atoms with Crippen LogP contribution in [0.5, 0.6) is 0 Å². The van der Waals surface area contributed by atoms with Gasteiger partial charge in [-0.25, -0.2) is 4.79 Å². The van der Waals surface area contributed by atoms with Crippen LogP contribution in [0.15, 0.2) is 60.7 Å². The van der Waals surface area contributed by atoms with Crippen LogP contribution >= 0.6 is 11.6 Å². The predicted octanol–water partition coefficient (Wildman–Crippen LogP) is 6.53. The zero-order valence-corrected chi connectivity index (χ0v) is 26.9. The number of carboxylic acid groups (broad SMARTS) is 1. The average molecular weight is 631 g/mol. The van der Waals surface area contributed by atoms with Crippen LogP contribution in [-0.4, -0.2) is 53.8 Å². The lowest BCUT2D eigenvalue weighted by Gasteiger charge is -2.44. The highest BCUT2D eigenvalue weighted by Crippen LogP contribution is 2.46. The summed E-state index contributed by atoms with van der Waals surface area (Å²) in [5.41, 5.74) is 4.58. The van der Waals surface area contributed by atoms with E-state index in [1.807, 2.05) is 60.5 Å². The quantitative estimate of drug-likeness (QED) is 0.159. The van der Waals surface area contributed by atoms with Crippen LogP contribution in [0.3, 0.4) is 0 Å². The van der Waals surface area contributed by atoms with E-state index in [2.05, 4.69) is 35.8 Å². The van der Waals surface area contributed by atoms with Gasteiger partial charge in [0.2, 0.25) is 0 Å². The summed E-state index contributed by atoms with van der Waals surface area (Å²) in [6.45, 7) is 3.83. The topological polar surface area (TPSA) is 126 Å². The lowest BCUT2D eigenvalue weighted by Crippen LogP contribution is -2.48. The Morgan fingerprint density at radius 2 is 1.93 bits per heavy atom. The van der Waals surface area contributed by atoms with Gasteiger partial charge in [-0.1, -0.05) is 67.1 Å². The van der Waals surface area contributed by atoms with Crippen molar-refractivity contribution in [1.29, 1.82) is 5.26 Å². The van der Waals surface area contributed by atoms with Crippen molar-refractivity contribution in [2.24, 2.45) is 5.92 Å². The second-order valence-electron chi connectivity index (χ2n) is 11.7. The SMILES string of the molecule is CCc1cccc(-c2c(Cl)cccc2[C@](O)(CCCNC(=O)O)[C@@H]2CCCN(C(=O)c3ccc(CNC)cc3CCC#N)C2)c1. The van der Waals surface area contributed by atoms with E-state index in [-0.39, 0.29) is 24.8 Å². The number of halogens is 1. The standard InChI is InChI=1S/C36H43ClN4O4/c1-3-25-9-4-10-28(21-25)33-31(13-5-14-32(33)37)36(45,17-8-19-40-35(43)44)29-12-7-20-41(24-29)34(42)30-16-15-26(23-39-2)22-27(30)11-6-18-38/h4-5,9-10,13-16,21-22,29,39-40,45H,3,6-8,11-12,17,19-20,23-24H2,1-2H3,(H,43,44)/t29-,36+/m1/s1. The molecule has 1 fully saturated rings. The van der Waals surface area contributed by atoms with E-state index in [1.165, 1.54) is 0 Å². The number of rotatable bonds is 13. The molecule has 0 radical (unpaired) electrons. The number of piperidine rings is 1. The molecule has 0 spiro atoms. The first-order valence-electron chi connectivity index (χ1n) is 15.7. The smallest absolute Gasteiger partial charge is 0.404 e. The molecular weight excluding hydrogens is 588 g/mol. The highest BCUT2D eigenvalue weighted by atomic mass is 35.5. The third kappa shape index (κ3) is 8.23. The van der Waals surface area contributed by atoms with Gasteiger partial charge in [-0.3, -0.25) is 4.79 Å². The number of hydrogen-bond donors (Lipinski definition) is 4. The van der Waals surface area contributed by atoms with Crippen molar-refractivity contribution in [3.05, 3.63) is 93.5 Å². The molecule has 9 heteroatoms. The molecule has 238 valence electrons. The summed E-state index contributed by atoms with van der Waals surface area (Å²) in [5, 5.41) is 37.3. The van der Waals surface area contributed by atoms with Crippen LogP contribution in [0.2, 0.25) is 5.02 Å². The molecule has 8 nitrogen and oxygen atoms in total. The molecule has 0 aliphatic carbocycles. The third-order valence-corrected chi connectivity index (χ3v) is 9.10. The summed E-state index contributed by atoms with van der Waals surface area (Å²) in [6, 6.07) is 21.7. The van der Waals surface area contributed by atoms with Gasteiger partial charge in [-0.2, -0.15) is 5.26 Å². The van der Waals surface area contributed by atoms with Gasteiger partial charge in [-0.05, 0) is 85.5 Å². The first-order chi connectivity index (χ1) is 21.7. The lowest BCUT2D eigenvalue weighted by atomic mass is 9.72. The Hall–Kier alpha value is -3.90. The number of benzene rings is 3. The van der Waals surface area contributed by atoms with Crippen LogP contribution < -0.4 is 10.6 Å². The maximum Gasteiger partial charge on any atom is 0.404 e. The summed E-state index contributed by atoms with van der Waals surface area (Å²) in [7, 11) is 1.87. The third-order valence-electron chi connectivity index (χ3n) is 8.79. The van der Waals surface area contributed by atoms with Crippen molar-refractivity contribution < 1.29 is 19.8 Å². The van der Waals surface area contributed by atoms with Crippen molar-refractivity contribution in [2.75, 3.05) is 26.7 Å². The van der Waals surface area contributed by atoms with Crippen molar-refractivity contribution >= 4 is 23.6 Å². The summed E-state index contributed by atoms with van der Waals surface area (Å²) in [6.07, 6.45) is 2.62. The van der Waals surface area contributed by atoms with Crippen LogP contribution in [0.1, 0.15) is 71.6 Å². The number of nitrogens with one attached hydrogen (secondary N) is 2. The number of nitrogens with zero attached hydrogens (tertiary/aromatic N) is 2. The molecule has 1 saturated heterocycles. The summed E-state index contributed by atoms with van der Waals surface area (Å²) in [5.74, 6) is -0.432. The molecule has 0 unspecified atom stereocenters. The fourth-order valence-corrected chi connectivity index (χ4v) is 6.81.